The van der Waals surface area contributed by atoms with E-state index in [2.05, 4.69) is 56.9 Å². The summed E-state index contributed by atoms with van der Waals surface area (Å²) < 4.78 is 0. The fraction of sp³-hybridized carbons (Fsp3) is 1.00. The minimum absolute atomic E-state index is 0.337. The number of hydrogen-bond acceptors (Lipinski definition) is 3. The highest BCUT2D eigenvalue weighted by Crippen LogP contribution is 2.25. The molecule has 0 spiro atoms. The van der Waals surface area contributed by atoms with E-state index in [1.165, 1.54) is 38.9 Å². The maximum absolute atomic E-state index is 3.66. The summed E-state index contributed by atoms with van der Waals surface area (Å²) >= 11 is 0. The third kappa shape index (κ3) is 5.41. The van der Waals surface area contributed by atoms with E-state index in [1.807, 2.05) is 0 Å². The number of nitrogens with zero attached hydrogens (tertiary/aromatic N) is 2. The summed E-state index contributed by atoms with van der Waals surface area (Å²) in [5.41, 5.74) is 0.337. The van der Waals surface area contributed by atoms with Gasteiger partial charge in [0.15, 0.2) is 0 Å². The lowest BCUT2D eigenvalue weighted by Crippen LogP contribution is -2.52. The van der Waals surface area contributed by atoms with Gasteiger partial charge in [-0.1, -0.05) is 20.8 Å². The molecule has 1 aliphatic rings. The van der Waals surface area contributed by atoms with E-state index in [9.17, 15) is 0 Å². The lowest BCUT2D eigenvalue weighted by molar-refractivity contribution is 0.0829. The zero-order valence-corrected chi connectivity index (χ0v) is 14.0. The van der Waals surface area contributed by atoms with Crippen molar-refractivity contribution in [2.75, 3.05) is 40.3 Å². The molecule has 0 aromatic heterocycles. The molecule has 1 fully saturated rings. The highest BCUT2D eigenvalue weighted by molar-refractivity contribution is 4.87. The first-order valence-electron chi connectivity index (χ1n) is 7.99. The SMILES string of the molecule is CCCNC(C)C(C)(C)CN1CCCC(N(C)C)C1. The Kier molecular flexibility index (Phi) is 6.78. The number of nitrogens with one attached hydrogen (secondary N) is 1. The summed E-state index contributed by atoms with van der Waals surface area (Å²) in [6.07, 6.45) is 3.91. The molecule has 3 nitrogen and oxygen atoms in total. The van der Waals surface area contributed by atoms with Gasteiger partial charge in [-0.05, 0) is 58.8 Å². The molecule has 0 bridgehead atoms. The zero-order chi connectivity index (χ0) is 14.5. The highest BCUT2D eigenvalue weighted by atomic mass is 15.2. The molecule has 114 valence electrons. The van der Waals surface area contributed by atoms with Gasteiger partial charge < -0.3 is 15.1 Å². The molecule has 1 rings (SSSR count). The van der Waals surface area contributed by atoms with Gasteiger partial charge in [0, 0.05) is 25.2 Å². The summed E-state index contributed by atoms with van der Waals surface area (Å²) in [6, 6.07) is 1.32. The lowest BCUT2D eigenvalue weighted by atomic mass is 9.84. The van der Waals surface area contributed by atoms with Crippen LogP contribution in [0.25, 0.3) is 0 Å². The molecule has 1 aliphatic heterocycles. The Morgan fingerprint density at radius 2 is 2.05 bits per heavy atom. The maximum atomic E-state index is 3.66. The van der Waals surface area contributed by atoms with Gasteiger partial charge in [0.05, 0.1) is 0 Å². The van der Waals surface area contributed by atoms with Crippen molar-refractivity contribution in [1.29, 1.82) is 0 Å². The standard InChI is InChI=1S/C16H35N3/c1-7-10-17-14(2)16(3,4)13-19-11-8-9-15(12-19)18(5)6/h14-15,17H,7-13H2,1-6H3. The minimum atomic E-state index is 0.337. The first kappa shape index (κ1) is 16.9. The van der Waals surface area contributed by atoms with Gasteiger partial charge in [-0.3, -0.25) is 0 Å². The van der Waals surface area contributed by atoms with Gasteiger partial charge in [0.2, 0.25) is 0 Å². The summed E-state index contributed by atoms with van der Waals surface area (Å²) in [5, 5.41) is 3.66. The molecule has 1 saturated heterocycles. The fourth-order valence-electron chi connectivity index (χ4n) is 2.95. The van der Waals surface area contributed by atoms with Crippen molar-refractivity contribution in [2.45, 2.75) is 59.0 Å². The molecule has 0 radical (unpaired) electrons. The summed E-state index contributed by atoms with van der Waals surface area (Å²) in [4.78, 5) is 5.05. The molecule has 2 atom stereocenters. The summed E-state index contributed by atoms with van der Waals surface area (Å²) in [7, 11) is 4.43. The second-order valence-corrected chi connectivity index (χ2v) is 7.16. The summed E-state index contributed by atoms with van der Waals surface area (Å²) in [6.45, 7) is 14.2. The van der Waals surface area contributed by atoms with Gasteiger partial charge in [-0.2, -0.15) is 0 Å². The van der Waals surface area contributed by atoms with Crippen LogP contribution in [0.2, 0.25) is 0 Å². The predicted octanol–water partition coefficient (Wildman–Crippen LogP) is 2.43. The number of likely N-dealkylation sites (tertiary alicyclic amines) is 1. The number of piperidine rings is 1. The van der Waals surface area contributed by atoms with E-state index in [1.54, 1.807) is 0 Å². The average Bonchev–Trinajstić information content (AvgIpc) is 2.35. The Morgan fingerprint density at radius 1 is 1.37 bits per heavy atom. The molecule has 0 aromatic rings. The summed E-state index contributed by atoms with van der Waals surface area (Å²) in [5.74, 6) is 0. The smallest absolute Gasteiger partial charge is 0.0217 e. The minimum Gasteiger partial charge on any atom is -0.314 e. The van der Waals surface area contributed by atoms with Gasteiger partial charge in [0.25, 0.3) is 0 Å². The van der Waals surface area contributed by atoms with Crippen molar-refractivity contribution >= 4 is 0 Å². The van der Waals surface area contributed by atoms with Gasteiger partial charge in [-0.25, -0.2) is 0 Å². The second kappa shape index (κ2) is 7.61. The Hall–Kier alpha value is -0.120. The predicted molar refractivity (Wildman–Crippen MR) is 84.7 cm³/mol. The topological polar surface area (TPSA) is 18.5 Å². The van der Waals surface area contributed by atoms with E-state index in [-0.39, 0.29) is 0 Å². The van der Waals surface area contributed by atoms with Crippen LogP contribution in [0, 0.1) is 5.41 Å². The van der Waals surface area contributed by atoms with E-state index in [0.29, 0.717) is 11.5 Å². The lowest BCUT2D eigenvalue weighted by Gasteiger charge is -2.42. The van der Waals surface area contributed by atoms with Crippen molar-refractivity contribution in [3.8, 4) is 0 Å². The Bertz CT molecular complexity index is 250. The molecule has 0 amide bonds. The average molecular weight is 269 g/mol. The second-order valence-electron chi connectivity index (χ2n) is 7.16. The van der Waals surface area contributed by atoms with Crippen LogP contribution in [-0.2, 0) is 0 Å². The van der Waals surface area contributed by atoms with Crippen molar-refractivity contribution in [3.63, 3.8) is 0 Å². The van der Waals surface area contributed by atoms with E-state index in [0.717, 1.165) is 12.6 Å². The van der Waals surface area contributed by atoms with Crippen LogP contribution >= 0.6 is 0 Å². The highest BCUT2D eigenvalue weighted by Gasteiger charge is 2.30. The van der Waals surface area contributed by atoms with Crippen LogP contribution in [0.5, 0.6) is 0 Å². The van der Waals surface area contributed by atoms with Gasteiger partial charge in [-0.15, -0.1) is 0 Å². The van der Waals surface area contributed by atoms with Crippen molar-refractivity contribution in [3.05, 3.63) is 0 Å². The van der Waals surface area contributed by atoms with E-state index >= 15 is 0 Å². The number of likely N-dealkylation sites (N-methyl/N-ethyl adjacent to an activating group) is 1. The Balaban J connectivity index is 2.47. The zero-order valence-electron chi connectivity index (χ0n) is 14.0. The molecule has 19 heavy (non-hydrogen) atoms. The molecular weight excluding hydrogens is 234 g/mol. The third-order valence-electron chi connectivity index (χ3n) is 4.71. The number of rotatable bonds is 7. The van der Waals surface area contributed by atoms with Crippen LogP contribution < -0.4 is 5.32 Å². The molecule has 0 saturated carbocycles. The quantitative estimate of drug-likeness (QED) is 0.766. The van der Waals surface area contributed by atoms with Crippen molar-refractivity contribution < 1.29 is 0 Å². The van der Waals surface area contributed by atoms with Gasteiger partial charge in [0.1, 0.15) is 0 Å². The normalized spacial score (nSPS) is 23.8. The molecule has 1 heterocycles. The first-order chi connectivity index (χ1) is 8.86. The van der Waals surface area contributed by atoms with Crippen LogP contribution in [0.4, 0.5) is 0 Å². The fourth-order valence-corrected chi connectivity index (χ4v) is 2.95. The van der Waals surface area contributed by atoms with Crippen molar-refractivity contribution in [2.24, 2.45) is 5.41 Å². The van der Waals surface area contributed by atoms with E-state index < -0.39 is 0 Å². The monoisotopic (exact) mass is 269 g/mol. The maximum Gasteiger partial charge on any atom is 0.0217 e. The van der Waals surface area contributed by atoms with Crippen LogP contribution in [0.15, 0.2) is 0 Å². The van der Waals surface area contributed by atoms with Crippen LogP contribution in [0.3, 0.4) is 0 Å². The molecule has 3 heteroatoms. The van der Waals surface area contributed by atoms with Crippen molar-refractivity contribution in [1.82, 2.24) is 15.1 Å². The van der Waals surface area contributed by atoms with E-state index in [4.69, 9.17) is 0 Å². The number of hydrogen-bond donors (Lipinski definition) is 1. The largest absolute Gasteiger partial charge is 0.314 e. The third-order valence-corrected chi connectivity index (χ3v) is 4.71. The molecule has 2 unspecified atom stereocenters. The van der Waals surface area contributed by atoms with Gasteiger partial charge >= 0.3 is 0 Å². The van der Waals surface area contributed by atoms with Crippen LogP contribution in [0.1, 0.15) is 47.0 Å². The van der Waals surface area contributed by atoms with Crippen LogP contribution in [-0.4, -0.2) is 62.2 Å². The molecular formula is C16H35N3. The molecule has 1 N–H and O–H groups in total. The molecule has 0 aliphatic carbocycles. The molecule has 0 aromatic carbocycles. The Morgan fingerprint density at radius 3 is 2.63 bits per heavy atom. The first-order valence-corrected chi connectivity index (χ1v) is 7.99. The Labute approximate surface area is 120 Å².